The van der Waals surface area contributed by atoms with Gasteiger partial charge in [0.25, 0.3) is 0 Å². The summed E-state index contributed by atoms with van der Waals surface area (Å²) in [6.45, 7) is 4.33. The number of hydrogen-bond acceptors (Lipinski definition) is 2. The first-order valence-electron chi connectivity index (χ1n) is 5.29. The number of rotatable bonds is 1. The number of aromatic nitrogens is 2. The van der Waals surface area contributed by atoms with Crippen molar-refractivity contribution in [2.45, 2.75) is 19.8 Å². The lowest BCUT2D eigenvalue weighted by atomic mass is 10.0. The zero-order valence-corrected chi connectivity index (χ0v) is 9.94. The van der Waals surface area contributed by atoms with Crippen LogP contribution in [0, 0.1) is 0 Å². The minimum atomic E-state index is 0.0124. The molecule has 0 aliphatic heterocycles. The molecule has 0 radical (unpaired) electrons. The van der Waals surface area contributed by atoms with E-state index in [4.69, 9.17) is 0 Å². The van der Waals surface area contributed by atoms with Crippen LogP contribution in [0.25, 0.3) is 21.1 Å². The van der Waals surface area contributed by atoms with Crippen molar-refractivity contribution >= 4 is 32.5 Å². The van der Waals surface area contributed by atoms with Crippen LogP contribution < -0.4 is 4.87 Å². The summed E-state index contributed by atoms with van der Waals surface area (Å²) in [5.74, 6) is 0.455. The predicted octanol–water partition coefficient (Wildman–Crippen LogP) is 3.19. The molecule has 2 heterocycles. The van der Waals surface area contributed by atoms with E-state index in [2.05, 4.69) is 23.8 Å². The van der Waals surface area contributed by atoms with Crippen LogP contribution in [0.3, 0.4) is 0 Å². The van der Waals surface area contributed by atoms with Crippen molar-refractivity contribution in [3.05, 3.63) is 33.6 Å². The number of nitrogens with one attached hydrogen (secondary N) is 2. The predicted molar refractivity (Wildman–Crippen MR) is 68.4 cm³/mol. The highest BCUT2D eigenvalue weighted by atomic mass is 32.1. The van der Waals surface area contributed by atoms with Gasteiger partial charge in [-0.15, -0.1) is 0 Å². The monoisotopic (exact) mass is 232 g/mol. The fraction of sp³-hybridized carbons (Fsp3) is 0.250. The van der Waals surface area contributed by atoms with E-state index in [1.807, 2.05) is 18.3 Å². The molecule has 0 bridgehead atoms. The van der Waals surface area contributed by atoms with Crippen molar-refractivity contribution in [2.24, 2.45) is 0 Å². The van der Waals surface area contributed by atoms with Gasteiger partial charge in [0.1, 0.15) is 0 Å². The highest BCUT2D eigenvalue weighted by Gasteiger charge is 2.12. The van der Waals surface area contributed by atoms with E-state index in [-0.39, 0.29) is 4.87 Å². The third kappa shape index (κ3) is 1.23. The molecule has 1 aromatic carbocycles. The van der Waals surface area contributed by atoms with Crippen molar-refractivity contribution in [1.82, 2.24) is 9.97 Å². The molecule has 16 heavy (non-hydrogen) atoms. The average Bonchev–Trinajstić information content (AvgIpc) is 2.77. The normalized spacial score (nSPS) is 11.9. The van der Waals surface area contributed by atoms with E-state index >= 15 is 0 Å². The second-order valence-electron chi connectivity index (χ2n) is 4.28. The third-order valence-electron chi connectivity index (χ3n) is 2.88. The Morgan fingerprint density at radius 1 is 1.25 bits per heavy atom. The van der Waals surface area contributed by atoms with Crippen LogP contribution in [-0.4, -0.2) is 9.97 Å². The molecular weight excluding hydrogens is 220 g/mol. The van der Waals surface area contributed by atoms with Gasteiger partial charge in [-0.2, -0.15) is 0 Å². The van der Waals surface area contributed by atoms with Gasteiger partial charge < -0.3 is 9.97 Å². The van der Waals surface area contributed by atoms with Gasteiger partial charge in [0.15, 0.2) is 0 Å². The maximum Gasteiger partial charge on any atom is 0.305 e. The summed E-state index contributed by atoms with van der Waals surface area (Å²) in [7, 11) is 0. The Kier molecular flexibility index (Phi) is 1.94. The van der Waals surface area contributed by atoms with Gasteiger partial charge in [0.05, 0.1) is 10.2 Å². The zero-order chi connectivity index (χ0) is 11.3. The Labute approximate surface area is 96.1 Å². The van der Waals surface area contributed by atoms with Crippen LogP contribution in [0.5, 0.6) is 0 Å². The Balaban J connectivity index is 2.55. The van der Waals surface area contributed by atoms with Crippen LogP contribution in [0.2, 0.25) is 0 Å². The Morgan fingerprint density at radius 2 is 2.00 bits per heavy atom. The topological polar surface area (TPSA) is 48.6 Å². The summed E-state index contributed by atoms with van der Waals surface area (Å²) in [6.07, 6.45) is 2.04. The van der Waals surface area contributed by atoms with Crippen molar-refractivity contribution in [3.63, 3.8) is 0 Å². The quantitative estimate of drug-likeness (QED) is 0.665. The first-order chi connectivity index (χ1) is 7.66. The summed E-state index contributed by atoms with van der Waals surface area (Å²) >= 11 is 1.29. The van der Waals surface area contributed by atoms with Crippen molar-refractivity contribution in [2.75, 3.05) is 0 Å². The van der Waals surface area contributed by atoms with Crippen LogP contribution in [-0.2, 0) is 0 Å². The molecule has 0 aliphatic carbocycles. The van der Waals surface area contributed by atoms with Crippen molar-refractivity contribution < 1.29 is 0 Å². The second kappa shape index (κ2) is 3.22. The van der Waals surface area contributed by atoms with Gasteiger partial charge in [-0.1, -0.05) is 25.2 Å². The molecule has 0 atom stereocenters. The number of aromatic amines is 2. The van der Waals surface area contributed by atoms with Crippen molar-refractivity contribution in [1.29, 1.82) is 0 Å². The van der Waals surface area contributed by atoms with Gasteiger partial charge in [-0.25, -0.2) is 0 Å². The Morgan fingerprint density at radius 3 is 2.75 bits per heavy atom. The van der Waals surface area contributed by atoms with E-state index in [9.17, 15) is 4.79 Å². The van der Waals surface area contributed by atoms with Gasteiger partial charge >= 0.3 is 4.87 Å². The molecule has 0 unspecified atom stereocenters. The van der Waals surface area contributed by atoms with E-state index in [0.717, 1.165) is 15.7 Å². The molecule has 4 heteroatoms. The average molecular weight is 232 g/mol. The van der Waals surface area contributed by atoms with Gasteiger partial charge in [0, 0.05) is 17.1 Å². The molecule has 2 aromatic heterocycles. The second-order valence-corrected chi connectivity index (χ2v) is 5.26. The molecule has 0 saturated heterocycles. The smallest absolute Gasteiger partial charge is 0.305 e. The summed E-state index contributed by atoms with van der Waals surface area (Å²) < 4.78 is 1.06. The maximum atomic E-state index is 11.4. The minimum Gasteiger partial charge on any atom is -0.361 e. The molecule has 0 saturated carbocycles. The number of fused-ring (bicyclic) bond motifs is 3. The first-order valence-corrected chi connectivity index (χ1v) is 6.11. The molecule has 0 amide bonds. The third-order valence-corrected chi connectivity index (χ3v) is 3.80. The molecule has 3 nitrogen and oxygen atoms in total. The lowest BCUT2D eigenvalue weighted by Gasteiger charge is -2.02. The molecule has 3 rings (SSSR count). The molecule has 0 aliphatic rings. The van der Waals surface area contributed by atoms with E-state index in [0.29, 0.717) is 5.92 Å². The van der Waals surface area contributed by atoms with Crippen LogP contribution >= 0.6 is 11.3 Å². The first kappa shape index (κ1) is 9.66. The van der Waals surface area contributed by atoms with Gasteiger partial charge in [0.2, 0.25) is 0 Å². The summed E-state index contributed by atoms with van der Waals surface area (Å²) in [6, 6.07) is 3.97. The Bertz CT molecular complexity index is 717. The molecular formula is C12H12N2OS. The standard InChI is InChI=1S/C12H12N2OS/c1-6(2)7-5-13-8-3-4-9-11(10(7)8)16-12(15)14-9/h3-6,13H,1-2H3,(H,14,15). The number of hydrogen-bond donors (Lipinski definition) is 2. The van der Waals surface area contributed by atoms with Crippen molar-refractivity contribution in [3.8, 4) is 0 Å². The molecule has 3 aromatic rings. The number of H-pyrrole nitrogens is 2. The minimum absolute atomic E-state index is 0.0124. The van der Waals surface area contributed by atoms with E-state index in [1.165, 1.54) is 22.3 Å². The summed E-state index contributed by atoms with van der Waals surface area (Å²) in [5, 5.41) is 1.19. The fourth-order valence-corrected chi connectivity index (χ4v) is 3.01. The molecule has 0 spiro atoms. The number of thiazole rings is 1. The summed E-state index contributed by atoms with van der Waals surface area (Å²) in [4.78, 5) is 17.5. The molecule has 82 valence electrons. The number of benzene rings is 1. The molecule has 2 N–H and O–H groups in total. The van der Waals surface area contributed by atoms with Gasteiger partial charge in [-0.3, -0.25) is 4.79 Å². The molecule has 0 fully saturated rings. The highest BCUT2D eigenvalue weighted by Crippen LogP contribution is 2.32. The fourth-order valence-electron chi connectivity index (χ4n) is 2.11. The maximum absolute atomic E-state index is 11.4. The van der Waals surface area contributed by atoms with E-state index < -0.39 is 0 Å². The van der Waals surface area contributed by atoms with Crippen LogP contribution in [0.1, 0.15) is 25.3 Å². The lowest BCUT2D eigenvalue weighted by molar-refractivity contribution is 0.876. The van der Waals surface area contributed by atoms with E-state index in [1.54, 1.807) is 0 Å². The lowest BCUT2D eigenvalue weighted by Crippen LogP contribution is -1.89. The van der Waals surface area contributed by atoms with Crippen LogP contribution in [0.15, 0.2) is 23.1 Å². The summed E-state index contributed by atoms with van der Waals surface area (Å²) in [5.41, 5.74) is 3.31. The zero-order valence-electron chi connectivity index (χ0n) is 9.13. The largest absolute Gasteiger partial charge is 0.361 e. The van der Waals surface area contributed by atoms with Crippen LogP contribution in [0.4, 0.5) is 0 Å². The van der Waals surface area contributed by atoms with Gasteiger partial charge in [-0.05, 0) is 23.6 Å². The Hall–Kier alpha value is -1.55. The highest BCUT2D eigenvalue weighted by molar-refractivity contribution is 7.17. The SMILES string of the molecule is CC(C)c1c[nH]c2ccc3[nH]c(=O)sc3c12.